The quantitative estimate of drug-likeness (QED) is 0.514. The van der Waals surface area contributed by atoms with E-state index in [2.05, 4.69) is 10.0 Å². The molecule has 7 nitrogen and oxygen atoms in total. The number of amides is 1. The Morgan fingerprint density at radius 3 is 2.00 bits per heavy atom. The van der Waals surface area contributed by atoms with Crippen LogP contribution in [0.4, 0.5) is 11.4 Å². The fourth-order valence-corrected chi connectivity index (χ4v) is 3.79. The molecule has 0 saturated heterocycles. The Morgan fingerprint density at radius 1 is 0.871 bits per heavy atom. The fourth-order valence-electron chi connectivity index (χ4n) is 2.61. The van der Waals surface area contributed by atoms with Crippen LogP contribution < -0.4 is 19.5 Å². The second-order valence-electron chi connectivity index (χ2n) is 6.56. The molecule has 0 unspecified atom stereocenters. The van der Waals surface area contributed by atoms with Crippen molar-refractivity contribution < 1.29 is 22.7 Å². The van der Waals surface area contributed by atoms with Crippen LogP contribution in [0.2, 0.25) is 5.02 Å². The number of hydrogen-bond donors (Lipinski definition) is 2. The van der Waals surface area contributed by atoms with E-state index in [1.165, 1.54) is 31.4 Å². The first-order chi connectivity index (χ1) is 14.8. The van der Waals surface area contributed by atoms with Gasteiger partial charge in [-0.2, -0.15) is 0 Å². The van der Waals surface area contributed by atoms with Gasteiger partial charge in [-0.25, -0.2) is 8.42 Å². The Kier molecular flexibility index (Phi) is 7.04. The van der Waals surface area contributed by atoms with E-state index in [0.717, 1.165) is 0 Å². The molecule has 0 aliphatic heterocycles. The molecule has 0 radical (unpaired) electrons. The first-order valence-electron chi connectivity index (χ1n) is 9.27. The lowest BCUT2D eigenvalue weighted by Gasteiger charge is -2.15. The van der Waals surface area contributed by atoms with Crippen LogP contribution in [-0.2, 0) is 14.8 Å². The highest BCUT2D eigenvalue weighted by Crippen LogP contribution is 2.21. The summed E-state index contributed by atoms with van der Waals surface area (Å²) >= 11 is 5.83. The van der Waals surface area contributed by atoms with E-state index in [9.17, 15) is 13.2 Å². The van der Waals surface area contributed by atoms with Gasteiger partial charge in [0.15, 0.2) is 6.10 Å². The lowest BCUT2D eigenvalue weighted by atomic mass is 10.3. The maximum atomic E-state index is 12.6. The number of nitrogens with one attached hydrogen (secondary N) is 2. The summed E-state index contributed by atoms with van der Waals surface area (Å²) < 4.78 is 38.3. The number of anilines is 2. The molecule has 0 aliphatic rings. The number of methoxy groups -OCH3 is 1. The fraction of sp³-hybridized carbons (Fsp3) is 0.136. The summed E-state index contributed by atoms with van der Waals surface area (Å²) in [6.07, 6.45) is -0.763. The predicted molar refractivity (Wildman–Crippen MR) is 120 cm³/mol. The first-order valence-corrected chi connectivity index (χ1v) is 11.1. The van der Waals surface area contributed by atoms with Crippen LogP contribution in [0.15, 0.2) is 77.7 Å². The van der Waals surface area contributed by atoms with Crippen LogP contribution in [0.25, 0.3) is 0 Å². The average molecular weight is 461 g/mol. The molecule has 3 aromatic carbocycles. The van der Waals surface area contributed by atoms with Gasteiger partial charge in [-0.3, -0.25) is 9.52 Å². The number of hydrogen-bond acceptors (Lipinski definition) is 5. The Morgan fingerprint density at radius 2 is 1.42 bits per heavy atom. The molecule has 0 aromatic heterocycles. The Hall–Kier alpha value is -3.23. The van der Waals surface area contributed by atoms with Crippen LogP contribution >= 0.6 is 11.6 Å². The molecular weight excluding hydrogens is 440 g/mol. The van der Waals surface area contributed by atoms with Crippen molar-refractivity contribution in [1.29, 1.82) is 0 Å². The van der Waals surface area contributed by atoms with Crippen LogP contribution in [0.1, 0.15) is 6.92 Å². The van der Waals surface area contributed by atoms with Crippen molar-refractivity contribution in [3.05, 3.63) is 77.8 Å². The van der Waals surface area contributed by atoms with Crippen LogP contribution in [0, 0.1) is 0 Å². The maximum absolute atomic E-state index is 12.6. The number of ether oxygens (including phenoxy) is 2. The Labute approximate surface area is 186 Å². The molecule has 1 amide bonds. The third-order valence-electron chi connectivity index (χ3n) is 4.27. The first kappa shape index (κ1) is 22.5. The Bertz CT molecular complexity index is 1130. The van der Waals surface area contributed by atoms with E-state index >= 15 is 0 Å². The zero-order chi connectivity index (χ0) is 22.4. The summed E-state index contributed by atoms with van der Waals surface area (Å²) in [4.78, 5) is 12.4. The van der Waals surface area contributed by atoms with Crippen molar-refractivity contribution in [3.63, 3.8) is 0 Å². The molecule has 9 heteroatoms. The molecule has 0 spiro atoms. The normalized spacial score (nSPS) is 12.0. The molecule has 2 N–H and O–H groups in total. The minimum Gasteiger partial charge on any atom is -0.497 e. The number of halogens is 1. The SMILES string of the molecule is COc1ccc(NS(=O)(=O)c2ccc(NC(=O)[C@H](C)Oc3ccc(Cl)cc3)cc2)cc1. The van der Waals surface area contributed by atoms with E-state index in [-0.39, 0.29) is 10.8 Å². The third-order valence-corrected chi connectivity index (χ3v) is 5.92. The highest BCUT2D eigenvalue weighted by molar-refractivity contribution is 7.92. The van der Waals surface area contributed by atoms with Crippen LogP contribution in [0.3, 0.4) is 0 Å². The second kappa shape index (κ2) is 9.72. The van der Waals surface area contributed by atoms with Crippen molar-refractivity contribution in [2.45, 2.75) is 17.9 Å². The highest BCUT2D eigenvalue weighted by atomic mass is 35.5. The predicted octanol–water partition coefficient (Wildman–Crippen LogP) is 4.56. The summed E-state index contributed by atoms with van der Waals surface area (Å²) in [5.41, 5.74) is 0.853. The molecule has 0 aliphatic carbocycles. The van der Waals surface area contributed by atoms with Gasteiger partial charge < -0.3 is 14.8 Å². The summed E-state index contributed by atoms with van der Waals surface area (Å²) in [5, 5.41) is 3.27. The van der Waals surface area contributed by atoms with E-state index in [0.29, 0.717) is 27.9 Å². The van der Waals surface area contributed by atoms with Gasteiger partial charge >= 0.3 is 0 Å². The van der Waals surface area contributed by atoms with Gasteiger partial charge in [0.1, 0.15) is 11.5 Å². The summed E-state index contributed by atoms with van der Waals surface area (Å²) in [7, 11) is -2.25. The molecule has 1 atom stereocenters. The molecular formula is C22H21ClN2O5S. The zero-order valence-corrected chi connectivity index (χ0v) is 18.4. The van der Waals surface area contributed by atoms with Gasteiger partial charge in [-0.1, -0.05) is 11.6 Å². The standard InChI is InChI=1S/C22H21ClN2O5S/c1-15(30-20-9-3-16(23)4-10-20)22(26)24-17-7-13-21(14-8-17)31(27,28)25-18-5-11-19(29-2)12-6-18/h3-15,25H,1-2H3,(H,24,26)/t15-/m0/s1. The molecule has 3 rings (SSSR count). The zero-order valence-electron chi connectivity index (χ0n) is 16.8. The number of sulfonamides is 1. The number of benzene rings is 3. The van der Waals surface area contributed by atoms with Gasteiger partial charge in [0.2, 0.25) is 0 Å². The lowest BCUT2D eigenvalue weighted by Crippen LogP contribution is -2.30. The molecule has 0 bridgehead atoms. The monoisotopic (exact) mass is 460 g/mol. The van der Waals surface area contributed by atoms with E-state index < -0.39 is 16.1 Å². The second-order valence-corrected chi connectivity index (χ2v) is 8.68. The Balaban J connectivity index is 1.61. The van der Waals surface area contributed by atoms with Crippen molar-refractivity contribution in [2.75, 3.05) is 17.1 Å². The lowest BCUT2D eigenvalue weighted by molar-refractivity contribution is -0.122. The van der Waals surface area contributed by atoms with Gasteiger partial charge in [-0.05, 0) is 79.7 Å². The van der Waals surface area contributed by atoms with Gasteiger partial charge in [0.25, 0.3) is 15.9 Å². The minimum atomic E-state index is -3.78. The molecule has 3 aromatic rings. The number of rotatable bonds is 8. The molecule has 0 saturated carbocycles. The van der Waals surface area contributed by atoms with Crippen LogP contribution in [-0.4, -0.2) is 27.5 Å². The minimum absolute atomic E-state index is 0.0618. The van der Waals surface area contributed by atoms with Gasteiger partial charge in [0.05, 0.1) is 12.0 Å². The molecule has 31 heavy (non-hydrogen) atoms. The number of carbonyl (C=O) groups is 1. The van der Waals surface area contributed by atoms with E-state index in [1.54, 1.807) is 55.5 Å². The molecule has 0 fully saturated rings. The molecule has 0 heterocycles. The van der Waals surface area contributed by atoms with E-state index in [4.69, 9.17) is 21.1 Å². The van der Waals surface area contributed by atoms with Crippen molar-refractivity contribution in [1.82, 2.24) is 0 Å². The average Bonchev–Trinajstić information content (AvgIpc) is 2.76. The third kappa shape index (κ3) is 6.13. The summed E-state index contributed by atoms with van der Waals surface area (Å²) in [6.45, 7) is 1.61. The maximum Gasteiger partial charge on any atom is 0.265 e. The summed E-state index contributed by atoms with van der Waals surface area (Å²) in [6, 6.07) is 19.0. The van der Waals surface area contributed by atoms with E-state index in [1.807, 2.05) is 0 Å². The molecule has 162 valence electrons. The van der Waals surface area contributed by atoms with Crippen LogP contribution in [0.5, 0.6) is 11.5 Å². The van der Waals surface area contributed by atoms with Gasteiger partial charge in [-0.15, -0.1) is 0 Å². The van der Waals surface area contributed by atoms with Crippen molar-refractivity contribution >= 4 is 38.9 Å². The topological polar surface area (TPSA) is 93.7 Å². The smallest absolute Gasteiger partial charge is 0.265 e. The van der Waals surface area contributed by atoms with Crippen molar-refractivity contribution in [2.24, 2.45) is 0 Å². The van der Waals surface area contributed by atoms with Crippen molar-refractivity contribution in [3.8, 4) is 11.5 Å². The largest absolute Gasteiger partial charge is 0.497 e. The van der Waals surface area contributed by atoms with Gasteiger partial charge in [0, 0.05) is 16.4 Å². The highest BCUT2D eigenvalue weighted by Gasteiger charge is 2.17. The summed E-state index contributed by atoms with van der Waals surface area (Å²) in [5.74, 6) is 0.761. The number of carbonyl (C=O) groups excluding carboxylic acids is 1.